The van der Waals surface area contributed by atoms with Crippen LogP contribution in [-0.4, -0.2) is 11.6 Å². The molecular formula is C8H9NOS. The van der Waals surface area contributed by atoms with E-state index in [9.17, 15) is 0 Å². The van der Waals surface area contributed by atoms with Crippen LogP contribution in [0.25, 0.3) is 0 Å². The Balaban J connectivity index is 2.04. The number of ether oxygens (including phenoxy) is 1. The Morgan fingerprint density at radius 3 is 3.36 bits per heavy atom. The predicted molar refractivity (Wildman–Crippen MR) is 43.3 cm³/mol. The average molecular weight is 167 g/mol. The van der Waals surface area contributed by atoms with Crippen molar-refractivity contribution in [2.24, 2.45) is 0 Å². The van der Waals surface area contributed by atoms with Gasteiger partial charge in [-0.3, -0.25) is 0 Å². The van der Waals surface area contributed by atoms with Crippen molar-refractivity contribution >= 4 is 11.3 Å². The normalized spacial score (nSPS) is 25.3. The van der Waals surface area contributed by atoms with Crippen molar-refractivity contribution in [3.05, 3.63) is 23.2 Å². The smallest absolute Gasteiger partial charge is 0.142 e. The number of rotatable bonds is 1. The fourth-order valence-corrected chi connectivity index (χ4v) is 1.87. The van der Waals surface area contributed by atoms with Crippen LogP contribution < -0.4 is 0 Å². The lowest BCUT2D eigenvalue weighted by atomic mass is 10.0. The average Bonchev–Trinajstić information content (AvgIpc) is 2.58. The van der Waals surface area contributed by atoms with Gasteiger partial charge in [-0.15, -0.1) is 11.3 Å². The van der Waals surface area contributed by atoms with E-state index in [0.29, 0.717) is 5.92 Å². The highest BCUT2D eigenvalue weighted by molar-refractivity contribution is 7.09. The molecule has 58 valence electrons. The summed E-state index contributed by atoms with van der Waals surface area (Å²) in [6.45, 7) is 3.79. The molecule has 2 rings (SSSR count). The second-order valence-corrected chi connectivity index (χ2v) is 3.46. The molecule has 0 spiro atoms. The maximum atomic E-state index is 5.12. The molecule has 1 aliphatic heterocycles. The highest BCUT2D eigenvalue weighted by atomic mass is 32.1. The molecule has 1 unspecified atom stereocenters. The highest BCUT2D eigenvalue weighted by Gasteiger charge is 2.19. The molecule has 0 saturated carbocycles. The molecule has 0 bridgehead atoms. The zero-order valence-corrected chi connectivity index (χ0v) is 6.93. The van der Waals surface area contributed by atoms with E-state index in [1.165, 1.54) is 0 Å². The lowest BCUT2D eigenvalue weighted by molar-refractivity contribution is 0.140. The number of aromatic nitrogens is 1. The second kappa shape index (κ2) is 3.32. The van der Waals surface area contributed by atoms with Crippen LogP contribution in [0.5, 0.6) is 0 Å². The summed E-state index contributed by atoms with van der Waals surface area (Å²) in [4.78, 5) is 4.22. The summed E-state index contributed by atoms with van der Waals surface area (Å²) in [7, 11) is 0. The summed E-state index contributed by atoms with van der Waals surface area (Å²) >= 11 is 1.68. The topological polar surface area (TPSA) is 22.1 Å². The van der Waals surface area contributed by atoms with Gasteiger partial charge in [-0.05, 0) is 12.8 Å². The number of hydrogen-bond donors (Lipinski definition) is 0. The Kier molecular flexibility index (Phi) is 2.19. The van der Waals surface area contributed by atoms with Crippen LogP contribution >= 0.6 is 11.3 Å². The highest BCUT2D eigenvalue weighted by Crippen LogP contribution is 2.29. The zero-order chi connectivity index (χ0) is 7.52. The lowest BCUT2D eigenvalue weighted by Gasteiger charge is -2.17. The van der Waals surface area contributed by atoms with E-state index >= 15 is 0 Å². The van der Waals surface area contributed by atoms with Crippen LogP contribution in [-0.2, 0) is 4.74 Å². The van der Waals surface area contributed by atoms with E-state index in [2.05, 4.69) is 11.6 Å². The van der Waals surface area contributed by atoms with Gasteiger partial charge in [0.25, 0.3) is 0 Å². The van der Waals surface area contributed by atoms with E-state index in [4.69, 9.17) is 4.74 Å². The molecule has 1 atom stereocenters. The summed E-state index contributed by atoms with van der Waals surface area (Å²) < 4.78 is 5.12. The van der Waals surface area contributed by atoms with E-state index in [-0.39, 0.29) is 0 Å². The maximum absolute atomic E-state index is 5.12. The van der Waals surface area contributed by atoms with Crippen LogP contribution in [0, 0.1) is 6.61 Å². The Morgan fingerprint density at radius 1 is 1.73 bits per heavy atom. The molecule has 0 amide bonds. The van der Waals surface area contributed by atoms with Gasteiger partial charge in [0.1, 0.15) is 6.61 Å². The molecule has 1 aliphatic rings. The van der Waals surface area contributed by atoms with Gasteiger partial charge in [0.05, 0.1) is 5.01 Å². The fourth-order valence-electron chi connectivity index (χ4n) is 1.16. The van der Waals surface area contributed by atoms with Crippen molar-refractivity contribution in [1.29, 1.82) is 0 Å². The van der Waals surface area contributed by atoms with Gasteiger partial charge in [-0.1, -0.05) is 0 Å². The molecule has 0 N–H and O–H groups in total. The first-order valence-electron chi connectivity index (χ1n) is 3.73. The summed E-state index contributed by atoms with van der Waals surface area (Å²) in [6.07, 6.45) is 4.08. The molecule has 1 aromatic heterocycles. The minimum atomic E-state index is 0.323. The number of thiazole rings is 1. The minimum Gasteiger partial charge on any atom is -0.368 e. The van der Waals surface area contributed by atoms with Crippen molar-refractivity contribution < 1.29 is 4.74 Å². The van der Waals surface area contributed by atoms with Gasteiger partial charge in [0.2, 0.25) is 0 Å². The Hall–Kier alpha value is -0.410. The van der Waals surface area contributed by atoms with Crippen LogP contribution in [0.2, 0.25) is 0 Å². The molecule has 1 saturated heterocycles. The van der Waals surface area contributed by atoms with Crippen LogP contribution in [0.3, 0.4) is 0 Å². The fraction of sp³-hybridized carbons (Fsp3) is 0.500. The van der Waals surface area contributed by atoms with Crippen molar-refractivity contribution in [2.45, 2.75) is 18.8 Å². The molecule has 2 heterocycles. The Morgan fingerprint density at radius 2 is 2.73 bits per heavy atom. The third-order valence-corrected chi connectivity index (χ3v) is 2.60. The number of nitrogens with zero attached hydrogens (tertiary/aromatic N) is 1. The molecule has 1 aromatic rings. The first-order chi connectivity index (χ1) is 5.47. The van der Waals surface area contributed by atoms with E-state index < -0.39 is 0 Å². The van der Waals surface area contributed by atoms with Crippen molar-refractivity contribution in [3.63, 3.8) is 0 Å². The SMILES string of the molecule is [C]1OCCCC1c1nccs1. The second-order valence-electron chi connectivity index (χ2n) is 2.53. The largest absolute Gasteiger partial charge is 0.368 e. The molecule has 1 fully saturated rings. The third kappa shape index (κ3) is 1.60. The maximum Gasteiger partial charge on any atom is 0.142 e. The number of hydrogen-bond acceptors (Lipinski definition) is 3. The lowest BCUT2D eigenvalue weighted by Crippen LogP contribution is -2.10. The van der Waals surface area contributed by atoms with Gasteiger partial charge in [-0.25, -0.2) is 4.98 Å². The van der Waals surface area contributed by atoms with Crippen molar-refractivity contribution in [1.82, 2.24) is 4.98 Å². The monoisotopic (exact) mass is 167 g/mol. The summed E-state index contributed by atoms with van der Waals surface area (Å²) in [5, 5.41) is 3.12. The molecule has 0 aromatic carbocycles. The Labute approximate surface area is 70.2 Å². The molecule has 0 aliphatic carbocycles. The first kappa shape index (κ1) is 7.25. The van der Waals surface area contributed by atoms with Crippen LogP contribution in [0.4, 0.5) is 0 Å². The summed E-state index contributed by atoms with van der Waals surface area (Å²) in [5.41, 5.74) is 0. The van der Waals surface area contributed by atoms with Gasteiger partial charge in [-0.2, -0.15) is 0 Å². The van der Waals surface area contributed by atoms with Gasteiger partial charge in [0.15, 0.2) is 0 Å². The first-order valence-corrected chi connectivity index (χ1v) is 4.61. The van der Waals surface area contributed by atoms with Crippen LogP contribution in [0.15, 0.2) is 11.6 Å². The predicted octanol–water partition coefficient (Wildman–Crippen LogP) is 2.08. The molecule has 11 heavy (non-hydrogen) atoms. The quantitative estimate of drug-likeness (QED) is 0.638. The van der Waals surface area contributed by atoms with Gasteiger partial charge >= 0.3 is 0 Å². The van der Waals surface area contributed by atoms with Gasteiger partial charge in [0, 0.05) is 24.1 Å². The molecule has 3 heteroatoms. The van der Waals surface area contributed by atoms with Crippen molar-refractivity contribution in [2.75, 3.05) is 6.61 Å². The van der Waals surface area contributed by atoms with Crippen LogP contribution in [0.1, 0.15) is 23.8 Å². The van der Waals surface area contributed by atoms with Crippen molar-refractivity contribution in [3.8, 4) is 0 Å². The third-order valence-electron chi connectivity index (χ3n) is 1.71. The summed E-state index contributed by atoms with van der Waals surface area (Å²) in [5.74, 6) is 0.323. The van der Waals surface area contributed by atoms with E-state index in [0.717, 1.165) is 24.5 Å². The minimum absolute atomic E-state index is 0.323. The molecular weight excluding hydrogens is 158 g/mol. The van der Waals surface area contributed by atoms with Gasteiger partial charge < -0.3 is 4.74 Å². The molecule has 2 radical (unpaired) electrons. The Bertz CT molecular complexity index is 204. The van der Waals surface area contributed by atoms with E-state index in [1.807, 2.05) is 11.6 Å². The summed E-state index contributed by atoms with van der Waals surface area (Å²) in [6, 6.07) is 0. The molecule has 2 nitrogen and oxygen atoms in total. The standard InChI is InChI=1S/C8H9NOS/c1-2-7(6-10-4-1)8-9-3-5-11-8/h3,5,7H,1-2,4H2. The van der Waals surface area contributed by atoms with E-state index in [1.54, 1.807) is 11.3 Å². The zero-order valence-electron chi connectivity index (χ0n) is 6.12.